The molecule has 28 heavy (non-hydrogen) atoms. The highest BCUT2D eigenvalue weighted by Gasteiger charge is 2.37. The van der Waals surface area contributed by atoms with Gasteiger partial charge in [-0.3, -0.25) is 4.79 Å². The highest BCUT2D eigenvalue weighted by atomic mass is 19.4. The normalized spacial score (nSPS) is 11.8. The van der Waals surface area contributed by atoms with Crippen LogP contribution in [-0.2, 0) is 23.9 Å². The lowest BCUT2D eigenvalue weighted by Gasteiger charge is -2.18. The van der Waals surface area contributed by atoms with Gasteiger partial charge in [-0.1, -0.05) is 30.3 Å². The van der Waals surface area contributed by atoms with E-state index in [1.54, 1.807) is 25.8 Å². The van der Waals surface area contributed by atoms with Crippen molar-refractivity contribution in [1.29, 1.82) is 0 Å². The van der Waals surface area contributed by atoms with E-state index in [1.807, 2.05) is 30.3 Å². The van der Waals surface area contributed by atoms with Crippen LogP contribution in [0.1, 0.15) is 34.8 Å². The van der Waals surface area contributed by atoms with Crippen LogP contribution >= 0.6 is 0 Å². The maximum Gasteiger partial charge on any atom is 0.453 e. The Labute approximate surface area is 160 Å². The largest absolute Gasteiger partial charge is 0.453 e. The van der Waals surface area contributed by atoms with Gasteiger partial charge in [0.15, 0.2) is 0 Å². The molecule has 2 heterocycles. The number of halogens is 3. The molecule has 2 aromatic heterocycles. The number of carbonyl (C=O) groups excluding carboxylic acids is 1. The Bertz CT molecular complexity index is 998. The lowest BCUT2D eigenvalue weighted by molar-refractivity contribution is -0.144. The molecule has 0 spiro atoms. The number of aromatic nitrogens is 4. The predicted octanol–water partition coefficient (Wildman–Crippen LogP) is 3.35. The summed E-state index contributed by atoms with van der Waals surface area (Å²) in [6.07, 6.45) is -4.05. The van der Waals surface area contributed by atoms with Crippen LogP contribution < -0.4 is 0 Å². The van der Waals surface area contributed by atoms with Crippen LogP contribution in [0.25, 0.3) is 5.78 Å². The number of alkyl halides is 3. The van der Waals surface area contributed by atoms with Gasteiger partial charge in [0.25, 0.3) is 11.6 Å². The van der Waals surface area contributed by atoms with Crippen molar-refractivity contribution in [1.82, 2.24) is 24.5 Å². The molecule has 3 rings (SSSR count). The molecule has 0 saturated heterocycles. The smallest absolute Gasteiger partial charge is 0.341 e. The third-order valence-electron chi connectivity index (χ3n) is 4.58. The first-order valence-corrected chi connectivity index (χ1v) is 8.74. The van der Waals surface area contributed by atoms with Gasteiger partial charge >= 0.3 is 6.18 Å². The van der Waals surface area contributed by atoms with Crippen LogP contribution in [0.5, 0.6) is 0 Å². The van der Waals surface area contributed by atoms with Crippen molar-refractivity contribution >= 4 is 11.7 Å². The third-order valence-corrected chi connectivity index (χ3v) is 4.58. The van der Waals surface area contributed by atoms with E-state index in [-0.39, 0.29) is 18.1 Å². The molecule has 148 valence electrons. The zero-order chi connectivity index (χ0) is 20.5. The summed E-state index contributed by atoms with van der Waals surface area (Å²) in [5.41, 5.74) is 2.78. The maximum atomic E-state index is 12.9. The van der Waals surface area contributed by atoms with Gasteiger partial charge in [-0.2, -0.15) is 18.2 Å². The van der Waals surface area contributed by atoms with Gasteiger partial charge in [0.05, 0.1) is 0 Å². The molecule has 0 radical (unpaired) electrons. The fraction of sp³-hybridized carbons (Fsp3) is 0.368. The van der Waals surface area contributed by atoms with Crippen LogP contribution in [-0.4, -0.2) is 37.4 Å². The molecule has 6 nitrogen and oxygen atoms in total. The second-order valence-electron chi connectivity index (χ2n) is 6.64. The first kappa shape index (κ1) is 19.8. The minimum absolute atomic E-state index is 0.0580. The first-order valence-electron chi connectivity index (χ1n) is 8.74. The minimum Gasteiger partial charge on any atom is -0.341 e. The Hall–Kier alpha value is -2.97. The van der Waals surface area contributed by atoms with Gasteiger partial charge in [0, 0.05) is 31.4 Å². The van der Waals surface area contributed by atoms with Crippen LogP contribution in [0.3, 0.4) is 0 Å². The van der Waals surface area contributed by atoms with E-state index in [9.17, 15) is 18.0 Å². The lowest BCUT2D eigenvalue weighted by Crippen LogP contribution is -2.26. The van der Waals surface area contributed by atoms with Crippen molar-refractivity contribution in [3.05, 3.63) is 58.7 Å². The number of benzene rings is 1. The second-order valence-corrected chi connectivity index (χ2v) is 6.64. The van der Waals surface area contributed by atoms with E-state index in [0.29, 0.717) is 29.9 Å². The van der Waals surface area contributed by atoms with E-state index in [0.717, 1.165) is 10.1 Å². The molecule has 0 aliphatic heterocycles. The molecule has 1 amide bonds. The van der Waals surface area contributed by atoms with Gasteiger partial charge in [0.2, 0.25) is 5.91 Å². The zero-order valence-corrected chi connectivity index (χ0v) is 15.8. The average Bonchev–Trinajstić information content (AvgIpc) is 3.06. The number of carbonyl (C=O) groups is 1. The van der Waals surface area contributed by atoms with Gasteiger partial charge < -0.3 is 4.90 Å². The average molecular weight is 391 g/mol. The SMILES string of the molecule is Cc1nc2nc(C(F)(F)F)nn2c(C)c1CCC(=O)N(C)Cc1ccccc1. The molecule has 0 aliphatic carbocycles. The lowest BCUT2D eigenvalue weighted by atomic mass is 10.1. The van der Waals surface area contributed by atoms with E-state index in [4.69, 9.17) is 0 Å². The maximum absolute atomic E-state index is 12.9. The molecule has 0 bridgehead atoms. The molecule has 0 aliphatic rings. The zero-order valence-electron chi connectivity index (χ0n) is 15.8. The molecule has 0 atom stereocenters. The van der Waals surface area contributed by atoms with Crippen molar-refractivity contribution < 1.29 is 18.0 Å². The summed E-state index contributed by atoms with van der Waals surface area (Å²) in [5.74, 6) is -1.38. The quantitative estimate of drug-likeness (QED) is 0.669. The number of fused-ring (bicyclic) bond motifs is 1. The molecule has 9 heteroatoms. The summed E-state index contributed by atoms with van der Waals surface area (Å²) in [6, 6.07) is 9.62. The molecular weight excluding hydrogens is 371 g/mol. The fourth-order valence-corrected chi connectivity index (χ4v) is 3.06. The Morgan fingerprint density at radius 1 is 1.14 bits per heavy atom. The first-order chi connectivity index (χ1) is 13.2. The van der Waals surface area contributed by atoms with Crippen LogP contribution in [0.4, 0.5) is 13.2 Å². The summed E-state index contributed by atoms with van der Waals surface area (Å²) >= 11 is 0. The Morgan fingerprint density at radius 2 is 1.82 bits per heavy atom. The van der Waals surface area contributed by atoms with Gasteiger partial charge in [0.1, 0.15) is 0 Å². The molecule has 0 N–H and O–H groups in total. The number of rotatable bonds is 5. The number of aryl methyl sites for hydroxylation is 2. The Morgan fingerprint density at radius 3 is 2.46 bits per heavy atom. The third kappa shape index (κ3) is 4.13. The van der Waals surface area contributed by atoms with E-state index in [2.05, 4.69) is 15.1 Å². The summed E-state index contributed by atoms with van der Waals surface area (Å²) in [7, 11) is 1.73. The summed E-state index contributed by atoms with van der Waals surface area (Å²) in [4.78, 5) is 21.7. The van der Waals surface area contributed by atoms with Crippen molar-refractivity contribution in [2.24, 2.45) is 0 Å². The van der Waals surface area contributed by atoms with E-state index < -0.39 is 12.0 Å². The van der Waals surface area contributed by atoms with Gasteiger partial charge in [-0.25, -0.2) is 9.50 Å². The highest BCUT2D eigenvalue weighted by Crippen LogP contribution is 2.27. The molecule has 0 unspecified atom stereocenters. The summed E-state index contributed by atoms with van der Waals surface area (Å²) < 4.78 is 39.7. The van der Waals surface area contributed by atoms with E-state index >= 15 is 0 Å². The van der Waals surface area contributed by atoms with Crippen LogP contribution in [0.2, 0.25) is 0 Å². The predicted molar refractivity (Wildman–Crippen MR) is 96.5 cm³/mol. The monoisotopic (exact) mass is 391 g/mol. The molecule has 3 aromatic rings. The molecule has 1 aromatic carbocycles. The number of hydrogen-bond donors (Lipinski definition) is 0. The van der Waals surface area contributed by atoms with Crippen molar-refractivity contribution in [3.63, 3.8) is 0 Å². The minimum atomic E-state index is -4.63. The molecule has 0 fully saturated rings. The molecule has 0 saturated carbocycles. The molecular formula is C19H20F3N5O. The van der Waals surface area contributed by atoms with Crippen LogP contribution in [0, 0.1) is 13.8 Å². The summed E-state index contributed by atoms with van der Waals surface area (Å²) in [6.45, 7) is 3.85. The Kier molecular flexibility index (Phi) is 5.35. The van der Waals surface area contributed by atoms with Crippen LogP contribution in [0.15, 0.2) is 30.3 Å². The second kappa shape index (κ2) is 7.57. The fourth-order valence-electron chi connectivity index (χ4n) is 3.06. The summed E-state index contributed by atoms with van der Waals surface area (Å²) in [5, 5.41) is 3.53. The van der Waals surface area contributed by atoms with Crippen molar-refractivity contribution in [3.8, 4) is 0 Å². The highest BCUT2D eigenvalue weighted by molar-refractivity contribution is 5.76. The van der Waals surface area contributed by atoms with E-state index in [1.165, 1.54) is 0 Å². The van der Waals surface area contributed by atoms with Gasteiger partial charge in [-0.05, 0) is 31.4 Å². The van der Waals surface area contributed by atoms with Crippen molar-refractivity contribution in [2.45, 2.75) is 39.4 Å². The topological polar surface area (TPSA) is 63.4 Å². The number of nitrogens with zero attached hydrogens (tertiary/aromatic N) is 5. The van der Waals surface area contributed by atoms with Crippen molar-refractivity contribution in [2.75, 3.05) is 7.05 Å². The standard InChI is InChI=1S/C19H20F3N5O/c1-12-15(9-10-16(28)26(3)11-14-7-5-4-6-8-14)13(2)27-18(23-12)24-17(25-27)19(20,21)22/h4-8H,9-11H2,1-3H3. The van der Waals surface area contributed by atoms with Gasteiger partial charge in [-0.15, -0.1) is 5.10 Å². The Balaban J connectivity index is 1.75. The number of hydrogen-bond acceptors (Lipinski definition) is 4. The number of amides is 1.